The third kappa shape index (κ3) is 4.38. The van der Waals surface area contributed by atoms with Crippen molar-refractivity contribution in [2.24, 2.45) is 0 Å². The van der Waals surface area contributed by atoms with Gasteiger partial charge in [-0.05, 0) is 50.5 Å². The van der Waals surface area contributed by atoms with Gasteiger partial charge in [-0.1, -0.05) is 12.1 Å². The molecule has 0 bridgehead atoms. The van der Waals surface area contributed by atoms with Gasteiger partial charge in [-0.3, -0.25) is 4.79 Å². The molecular formula is C22H22FN5OS. The van der Waals surface area contributed by atoms with E-state index in [1.165, 1.54) is 23.5 Å². The molecule has 4 rings (SSSR count). The van der Waals surface area contributed by atoms with Crippen LogP contribution in [0.25, 0.3) is 5.65 Å². The number of rotatable bonds is 6. The second kappa shape index (κ2) is 8.31. The number of hydrogen-bond donors (Lipinski definition) is 1. The van der Waals surface area contributed by atoms with E-state index in [1.54, 1.807) is 18.3 Å². The number of aryl methyl sites for hydroxylation is 3. The molecule has 0 fully saturated rings. The number of nitrogens with one attached hydrogen (secondary N) is 1. The second-order valence-corrected chi connectivity index (χ2v) is 8.42. The van der Waals surface area contributed by atoms with Crippen molar-refractivity contribution < 1.29 is 9.18 Å². The van der Waals surface area contributed by atoms with Gasteiger partial charge in [-0.2, -0.15) is 5.10 Å². The monoisotopic (exact) mass is 423 g/mol. The number of nitrogens with zero attached hydrogens (tertiary/aromatic N) is 4. The molecule has 1 N–H and O–H groups in total. The molecule has 1 amide bonds. The summed E-state index contributed by atoms with van der Waals surface area (Å²) in [5.74, 6) is -0.341. The molecule has 30 heavy (non-hydrogen) atoms. The van der Waals surface area contributed by atoms with Gasteiger partial charge in [0.15, 0.2) is 10.8 Å². The Morgan fingerprint density at radius 3 is 2.73 bits per heavy atom. The van der Waals surface area contributed by atoms with E-state index in [0.29, 0.717) is 24.4 Å². The molecular weight excluding hydrogens is 401 g/mol. The number of carbonyl (C=O) groups is 1. The molecule has 0 aliphatic rings. The highest BCUT2D eigenvalue weighted by Crippen LogP contribution is 2.22. The number of hydrogen-bond acceptors (Lipinski definition) is 5. The summed E-state index contributed by atoms with van der Waals surface area (Å²) in [6.07, 6.45) is 3.32. The van der Waals surface area contributed by atoms with Crippen LogP contribution in [0.2, 0.25) is 0 Å². The first-order valence-corrected chi connectivity index (χ1v) is 10.5. The van der Waals surface area contributed by atoms with E-state index in [0.717, 1.165) is 38.7 Å². The minimum atomic E-state index is -0.251. The van der Waals surface area contributed by atoms with Crippen LogP contribution in [0.1, 0.15) is 39.5 Å². The number of aromatic nitrogens is 4. The van der Waals surface area contributed by atoms with Gasteiger partial charge in [-0.15, -0.1) is 11.3 Å². The Kier molecular flexibility index (Phi) is 5.59. The van der Waals surface area contributed by atoms with E-state index in [-0.39, 0.29) is 11.7 Å². The van der Waals surface area contributed by atoms with Crippen LogP contribution in [-0.4, -0.2) is 25.5 Å². The van der Waals surface area contributed by atoms with Crippen LogP contribution in [-0.2, 0) is 17.6 Å². The fourth-order valence-electron chi connectivity index (χ4n) is 3.47. The van der Waals surface area contributed by atoms with E-state index in [2.05, 4.69) is 20.4 Å². The van der Waals surface area contributed by atoms with Crippen molar-refractivity contribution in [2.45, 2.75) is 40.0 Å². The predicted molar refractivity (Wildman–Crippen MR) is 115 cm³/mol. The van der Waals surface area contributed by atoms with E-state index >= 15 is 0 Å². The van der Waals surface area contributed by atoms with Crippen molar-refractivity contribution in [2.75, 3.05) is 5.32 Å². The number of halogens is 1. The Morgan fingerprint density at radius 2 is 1.97 bits per heavy atom. The highest BCUT2D eigenvalue weighted by Gasteiger charge is 2.14. The lowest BCUT2D eigenvalue weighted by molar-refractivity contribution is -0.116. The molecule has 6 nitrogen and oxygen atoms in total. The van der Waals surface area contributed by atoms with Crippen molar-refractivity contribution in [3.63, 3.8) is 0 Å². The summed E-state index contributed by atoms with van der Waals surface area (Å²) < 4.78 is 14.9. The zero-order chi connectivity index (χ0) is 21.3. The number of fused-ring (bicyclic) bond motifs is 1. The fourth-order valence-corrected chi connectivity index (χ4v) is 4.34. The smallest absolute Gasteiger partial charge is 0.226 e. The molecule has 4 aromatic rings. The number of benzene rings is 1. The lowest BCUT2D eigenvalue weighted by Crippen LogP contribution is -2.14. The molecule has 0 aliphatic heterocycles. The maximum absolute atomic E-state index is 13.0. The topological polar surface area (TPSA) is 72.2 Å². The number of carbonyl (C=O) groups excluding carboxylic acids is 1. The minimum Gasteiger partial charge on any atom is -0.302 e. The van der Waals surface area contributed by atoms with Gasteiger partial charge in [0.05, 0.1) is 5.69 Å². The maximum Gasteiger partial charge on any atom is 0.226 e. The van der Waals surface area contributed by atoms with E-state index in [1.807, 2.05) is 31.4 Å². The van der Waals surface area contributed by atoms with Crippen LogP contribution in [0, 0.1) is 26.6 Å². The van der Waals surface area contributed by atoms with Crippen LogP contribution >= 0.6 is 11.3 Å². The maximum atomic E-state index is 13.0. The SMILES string of the molecule is Cc1cc2nc(C)c(CCC(=O)Nc3ncc(Cc4ccc(F)cc4)s3)c(C)n2n1. The largest absolute Gasteiger partial charge is 0.302 e. The van der Waals surface area contributed by atoms with Crippen molar-refractivity contribution in [1.29, 1.82) is 0 Å². The van der Waals surface area contributed by atoms with Gasteiger partial charge in [0.25, 0.3) is 0 Å². The molecule has 8 heteroatoms. The fraction of sp³-hybridized carbons (Fsp3) is 0.273. The van der Waals surface area contributed by atoms with Crippen molar-refractivity contribution in [1.82, 2.24) is 19.6 Å². The highest BCUT2D eigenvalue weighted by molar-refractivity contribution is 7.15. The first-order valence-electron chi connectivity index (χ1n) is 9.70. The van der Waals surface area contributed by atoms with Crippen molar-refractivity contribution in [3.8, 4) is 0 Å². The lowest BCUT2D eigenvalue weighted by atomic mass is 10.1. The average Bonchev–Trinajstić information content (AvgIpc) is 3.29. The molecule has 0 saturated heterocycles. The molecule has 154 valence electrons. The van der Waals surface area contributed by atoms with Crippen molar-refractivity contribution in [3.05, 3.63) is 75.4 Å². The van der Waals surface area contributed by atoms with Gasteiger partial charge in [0, 0.05) is 41.4 Å². The Morgan fingerprint density at radius 1 is 1.20 bits per heavy atom. The predicted octanol–water partition coefficient (Wildman–Crippen LogP) is 4.41. The molecule has 3 aromatic heterocycles. The van der Waals surface area contributed by atoms with Gasteiger partial charge < -0.3 is 5.32 Å². The quantitative estimate of drug-likeness (QED) is 0.499. The first kappa shape index (κ1) is 20.2. The van der Waals surface area contributed by atoms with E-state index < -0.39 is 0 Å². The summed E-state index contributed by atoms with van der Waals surface area (Å²) in [5.41, 5.74) is 5.71. The molecule has 0 aliphatic carbocycles. The molecule has 1 aromatic carbocycles. The zero-order valence-electron chi connectivity index (χ0n) is 17.1. The molecule has 0 spiro atoms. The van der Waals surface area contributed by atoms with Gasteiger partial charge in [-0.25, -0.2) is 18.9 Å². The van der Waals surface area contributed by atoms with E-state index in [4.69, 9.17) is 0 Å². The van der Waals surface area contributed by atoms with Crippen LogP contribution < -0.4 is 5.32 Å². The Labute approximate surface area is 177 Å². The summed E-state index contributed by atoms with van der Waals surface area (Å²) in [5, 5.41) is 7.92. The normalized spacial score (nSPS) is 11.2. The third-order valence-electron chi connectivity index (χ3n) is 4.98. The van der Waals surface area contributed by atoms with Crippen LogP contribution in [0.5, 0.6) is 0 Å². The Balaban J connectivity index is 1.38. The Hall–Kier alpha value is -3.13. The van der Waals surface area contributed by atoms with Crippen LogP contribution in [0.3, 0.4) is 0 Å². The number of anilines is 1. The zero-order valence-corrected chi connectivity index (χ0v) is 17.9. The molecule has 0 saturated carbocycles. The van der Waals surface area contributed by atoms with Crippen molar-refractivity contribution >= 4 is 28.0 Å². The van der Waals surface area contributed by atoms with Gasteiger partial charge in [0.1, 0.15) is 5.82 Å². The van der Waals surface area contributed by atoms with Crippen LogP contribution in [0.15, 0.2) is 36.5 Å². The summed E-state index contributed by atoms with van der Waals surface area (Å²) in [7, 11) is 0. The average molecular weight is 424 g/mol. The number of thiazole rings is 1. The van der Waals surface area contributed by atoms with Gasteiger partial charge >= 0.3 is 0 Å². The lowest BCUT2D eigenvalue weighted by Gasteiger charge is -2.10. The summed E-state index contributed by atoms with van der Waals surface area (Å²) in [6, 6.07) is 8.34. The second-order valence-electron chi connectivity index (χ2n) is 7.30. The summed E-state index contributed by atoms with van der Waals surface area (Å²) in [4.78, 5) is 22.4. The summed E-state index contributed by atoms with van der Waals surface area (Å²) in [6.45, 7) is 5.91. The minimum absolute atomic E-state index is 0.0896. The Bertz CT molecular complexity index is 1210. The highest BCUT2D eigenvalue weighted by atomic mass is 32.1. The molecule has 0 unspecified atom stereocenters. The standard InChI is InChI=1S/C22H22FN5OS/c1-13-10-20-25-14(2)19(15(3)28(20)27-13)8-9-21(29)26-22-24-12-18(30-22)11-16-4-6-17(23)7-5-16/h4-7,10,12H,8-9,11H2,1-3H3,(H,24,26,29). The van der Waals surface area contributed by atoms with E-state index in [9.17, 15) is 9.18 Å². The van der Waals surface area contributed by atoms with Gasteiger partial charge in [0.2, 0.25) is 5.91 Å². The van der Waals surface area contributed by atoms with Crippen LogP contribution in [0.4, 0.5) is 9.52 Å². The number of amides is 1. The first-order chi connectivity index (χ1) is 14.4. The molecule has 0 atom stereocenters. The molecule has 3 heterocycles. The summed E-state index contributed by atoms with van der Waals surface area (Å²) >= 11 is 1.43. The third-order valence-corrected chi connectivity index (χ3v) is 5.89. The molecule has 0 radical (unpaired) electrons.